The van der Waals surface area contributed by atoms with Crippen LogP contribution in [0.3, 0.4) is 0 Å². The Bertz CT molecular complexity index is 1230. The summed E-state index contributed by atoms with van der Waals surface area (Å²) in [5, 5.41) is 17.1. The van der Waals surface area contributed by atoms with Crippen LogP contribution in [0.1, 0.15) is 35.7 Å². The van der Waals surface area contributed by atoms with Gasteiger partial charge in [0.15, 0.2) is 5.69 Å². The first kappa shape index (κ1) is 20.7. The number of amides is 1. The summed E-state index contributed by atoms with van der Waals surface area (Å²) in [6.45, 7) is 4.04. The zero-order chi connectivity index (χ0) is 22.3. The molecule has 0 saturated carbocycles. The van der Waals surface area contributed by atoms with Crippen LogP contribution in [0.4, 0.5) is 4.39 Å². The Labute approximate surface area is 177 Å². The molecule has 1 aliphatic heterocycles. The van der Waals surface area contributed by atoms with Gasteiger partial charge < -0.3 is 15.2 Å². The van der Waals surface area contributed by atoms with Crippen molar-refractivity contribution >= 4 is 5.91 Å². The van der Waals surface area contributed by atoms with Gasteiger partial charge in [0.25, 0.3) is 11.5 Å². The average molecular weight is 427 g/mol. The summed E-state index contributed by atoms with van der Waals surface area (Å²) >= 11 is 0. The summed E-state index contributed by atoms with van der Waals surface area (Å²) in [6, 6.07) is 5.95. The number of aryl methyl sites for hydroxylation is 1. The molecule has 2 N–H and O–H groups in total. The number of halogens is 1. The maximum Gasteiger partial charge on any atom is 0.296 e. The molecule has 3 aromatic rings. The number of carbonyl (C=O) groups is 1. The van der Waals surface area contributed by atoms with Crippen molar-refractivity contribution in [2.45, 2.75) is 32.5 Å². The second-order valence-corrected chi connectivity index (χ2v) is 7.77. The Kier molecular flexibility index (Phi) is 5.10. The number of rotatable bonds is 4. The highest BCUT2D eigenvalue weighted by molar-refractivity contribution is 5.94. The highest BCUT2D eigenvalue weighted by Gasteiger charge is 2.34. The molecule has 0 radical (unpaired) electrons. The molecule has 3 heterocycles. The van der Waals surface area contributed by atoms with Crippen molar-refractivity contribution in [1.29, 1.82) is 0 Å². The average Bonchev–Trinajstić information content (AvgIpc) is 3.15. The Hall–Kier alpha value is -3.53. The number of hydrogen-bond acceptors (Lipinski definition) is 6. The molecule has 2 aromatic heterocycles. The molecule has 0 aliphatic carbocycles. The third kappa shape index (κ3) is 3.70. The second kappa shape index (κ2) is 7.62. The summed E-state index contributed by atoms with van der Waals surface area (Å²) in [7, 11) is 1.73. The fourth-order valence-electron chi connectivity index (χ4n) is 3.67. The molecule has 31 heavy (non-hydrogen) atoms. The molecule has 0 atom stereocenters. The van der Waals surface area contributed by atoms with Crippen LogP contribution in [0.15, 0.2) is 35.3 Å². The maximum atomic E-state index is 13.9. The Morgan fingerprint density at radius 1 is 1.35 bits per heavy atom. The van der Waals surface area contributed by atoms with E-state index in [1.165, 1.54) is 16.7 Å². The molecule has 0 fully saturated rings. The summed E-state index contributed by atoms with van der Waals surface area (Å²) < 4.78 is 22.4. The minimum absolute atomic E-state index is 0.0268. The lowest BCUT2D eigenvalue weighted by atomic mass is 10.0. The van der Waals surface area contributed by atoms with Gasteiger partial charge in [0.2, 0.25) is 5.75 Å². The second-order valence-electron chi connectivity index (χ2n) is 7.77. The van der Waals surface area contributed by atoms with Crippen molar-refractivity contribution in [3.05, 3.63) is 63.7 Å². The van der Waals surface area contributed by atoms with Crippen molar-refractivity contribution in [2.75, 3.05) is 6.61 Å². The summed E-state index contributed by atoms with van der Waals surface area (Å²) in [5.41, 5.74) is -0.0728. The Morgan fingerprint density at radius 3 is 2.84 bits per heavy atom. The first-order valence-corrected chi connectivity index (χ1v) is 9.72. The first-order valence-electron chi connectivity index (χ1n) is 9.72. The molecule has 1 amide bonds. The molecule has 10 heteroatoms. The SMILES string of the molecule is Cn1nccc1-c1cc(F)ccc1CNC(=O)c1nc2n(c(=O)c1O)CCOC2(C)C. The van der Waals surface area contributed by atoms with E-state index in [-0.39, 0.29) is 24.6 Å². The van der Waals surface area contributed by atoms with Crippen LogP contribution < -0.4 is 10.9 Å². The molecule has 4 rings (SSSR count). The van der Waals surface area contributed by atoms with Gasteiger partial charge >= 0.3 is 0 Å². The summed E-state index contributed by atoms with van der Waals surface area (Å²) in [4.78, 5) is 29.6. The lowest BCUT2D eigenvalue weighted by molar-refractivity contribution is -0.0566. The third-order valence-electron chi connectivity index (χ3n) is 5.28. The number of nitrogens with one attached hydrogen (secondary N) is 1. The van der Waals surface area contributed by atoms with Gasteiger partial charge in [0.05, 0.1) is 18.8 Å². The number of hydrogen-bond donors (Lipinski definition) is 2. The van der Waals surface area contributed by atoms with Crippen molar-refractivity contribution in [2.24, 2.45) is 7.05 Å². The van der Waals surface area contributed by atoms with Gasteiger partial charge in [-0.3, -0.25) is 18.8 Å². The van der Waals surface area contributed by atoms with Crippen molar-refractivity contribution < 1.29 is 19.0 Å². The largest absolute Gasteiger partial charge is 0.501 e. The van der Waals surface area contributed by atoms with E-state index in [0.29, 0.717) is 23.4 Å². The molecule has 1 aromatic carbocycles. The van der Waals surface area contributed by atoms with Crippen LogP contribution in [-0.4, -0.2) is 37.0 Å². The zero-order valence-corrected chi connectivity index (χ0v) is 17.3. The summed E-state index contributed by atoms with van der Waals surface area (Å²) in [6.07, 6.45) is 1.59. The molecular formula is C21H22FN5O4. The Morgan fingerprint density at radius 2 is 2.13 bits per heavy atom. The Balaban J connectivity index is 1.65. The molecule has 1 aliphatic rings. The predicted octanol–water partition coefficient (Wildman–Crippen LogP) is 1.68. The van der Waals surface area contributed by atoms with Crippen molar-refractivity contribution in [3.8, 4) is 17.0 Å². The van der Waals surface area contributed by atoms with Crippen LogP contribution in [0.2, 0.25) is 0 Å². The van der Waals surface area contributed by atoms with Crippen LogP contribution in [0.25, 0.3) is 11.3 Å². The van der Waals surface area contributed by atoms with E-state index in [0.717, 1.165) is 0 Å². The number of benzene rings is 1. The smallest absolute Gasteiger partial charge is 0.296 e. The van der Waals surface area contributed by atoms with E-state index >= 15 is 0 Å². The standard InChI is InChI=1S/C21H22FN5O4/c1-21(2)20-25-16(17(28)19(30)27(20)8-9-31-21)18(29)23-11-12-4-5-13(22)10-14(12)15-6-7-24-26(15)3/h4-7,10,28H,8-9,11H2,1-3H3,(H,23,29). The maximum absolute atomic E-state index is 13.9. The monoisotopic (exact) mass is 427 g/mol. The molecule has 0 bridgehead atoms. The molecule has 0 unspecified atom stereocenters. The van der Waals surface area contributed by atoms with Crippen LogP contribution >= 0.6 is 0 Å². The van der Waals surface area contributed by atoms with Gasteiger partial charge in [-0.05, 0) is 37.6 Å². The number of aromatic nitrogens is 4. The zero-order valence-electron chi connectivity index (χ0n) is 17.3. The van der Waals surface area contributed by atoms with Crippen LogP contribution in [0.5, 0.6) is 5.75 Å². The number of ether oxygens (including phenoxy) is 1. The van der Waals surface area contributed by atoms with E-state index in [1.54, 1.807) is 43.9 Å². The minimum atomic E-state index is -0.885. The van der Waals surface area contributed by atoms with Gasteiger partial charge in [0, 0.05) is 25.4 Å². The molecule has 0 saturated heterocycles. The third-order valence-corrected chi connectivity index (χ3v) is 5.28. The van der Waals surface area contributed by atoms with Gasteiger partial charge in [-0.25, -0.2) is 9.37 Å². The minimum Gasteiger partial charge on any atom is -0.501 e. The summed E-state index contributed by atoms with van der Waals surface area (Å²) in [5.74, 6) is -1.59. The van der Waals surface area contributed by atoms with Gasteiger partial charge in [-0.2, -0.15) is 5.10 Å². The van der Waals surface area contributed by atoms with Crippen LogP contribution in [0, 0.1) is 5.82 Å². The highest BCUT2D eigenvalue weighted by Crippen LogP contribution is 2.28. The normalized spacial score (nSPS) is 14.8. The number of carbonyl (C=O) groups excluding carboxylic acids is 1. The van der Waals surface area contributed by atoms with E-state index < -0.39 is 28.6 Å². The number of fused-ring (bicyclic) bond motifs is 1. The lowest BCUT2D eigenvalue weighted by Crippen LogP contribution is -2.42. The lowest BCUT2D eigenvalue weighted by Gasteiger charge is -2.32. The molecule has 162 valence electrons. The molecular weight excluding hydrogens is 405 g/mol. The van der Waals surface area contributed by atoms with Gasteiger partial charge in [-0.1, -0.05) is 6.07 Å². The fraction of sp³-hybridized carbons (Fsp3) is 0.333. The quantitative estimate of drug-likeness (QED) is 0.656. The van der Waals surface area contributed by atoms with E-state index in [2.05, 4.69) is 15.4 Å². The fourth-order valence-corrected chi connectivity index (χ4v) is 3.67. The number of aromatic hydroxyl groups is 1. The van der Waals surface area contributed by atoms with E-state index in [4.69, 9.17) is 4.74 Å². The number of nitrogens with zero attached hydrogens (tertiary/aromatic N) is 4. The first-order chi connectivity index (χ1) is 14.7. The van der Waals surface area contributed by atoms with Crippen molar-refractivity contribution in [1.82, 2.24) is 24.6 Å². The van der Waals surface area contributed by atoms with Crippen molar-refractivity contribution in [3.63, 3.8) is 0 Å². The molecule has 9 nitrogen and oxygen atoms in total. The van der Waals surface area contributed by atoms with E-state index in [1.807, 2.05) is 0 Å². The molecule has 0 spiro atoms. The van der Waals surface area contributed by atoms with E-state index in [9.17, 15) is 19.1 Å². The van der Waals surface area contributed by atoms with Gasteiger partial charge in [0.1, 0.15) is 17.2 Å². The topological polar surface area (TPSA) is 111 Å². The predicted molar refractivity (Wildman–Crippen MR) is 109 cm³/mol. The van der Waals surface area contributed by atoms with Gasteiger partial charge in [-0.15, -0.1) is 0 Å². The van der Waals surface area contributed by atoms with Crippen LogP contribution in [-0.2, 0) is 30.5 Å². The highest BCUT2D eigenvalue weighted by atomic mass is 19.1.